The van der Waals surface area contributed by atoms with Crippen LogP contribution >= 0.6 is 0 Å². The predicted molar refractivity (Wildman–Crippen MR) is 102 cm³/mol. The number of aromatic amines is 1. The van der Waals surface area contributed by atoms with Crippen molar-refractivity contribution in [3.63, 3.8) is 0 Å². The smallest absolute Gasteiger partial charge is 0.268 e. The van der Waals surface area contributed by atoms with Crippen LogP contribution < -0.4 is 10.2 Å². The summed E-state index contributed by atoms with van der Waals surface area (Å²) in [7, 11) is 0. The fourth-order valence-corrected chi connectivity index (χ4v) is 3.17. The van der Waals surface area contributed by atoms with Gasteiger partial charge in [0.25, 0.3) is 5.91 Å². The number of hydrogen-bond donors (Lipinski definition) is 2. The van der Waals surface area contributed by atoms with Crippen molar-refractivity contribution in [3.8, 4) is 0 Å². The van der Waals surface area contributed by atoms with Crippen molar-refractivity contribution in [1.29, 1.82) is 0 Å². The molecule has 0 saturated heterocycles. The maximum Gasteiger partial charge on any atom is 0.268 e. The largest absolute Gasteiger partial charge is 0.372 e. The SMILES string of the molecule is CCN(CCCNC(=O)c1[nH]c(C)c(C(C)=O)c1C)c1ccccc1. The summed E-state index contributed by atoms with van der Waals surface area (Å²) >= 11 is 0. The number of para-hydroxylation sites is 1. The first-order valence-corrected chi connectivity index (χ1v) is 8.74. The molecule has 0 aliphatic rings. The summed E-state index contributed by atoms with van der Waals surface area (Å²) in [4.78, 5) is 29.4. The average Bonchev–Trinajstić information content (AvgIpc) is 2.90. The van der Waals surface area contributed by atoms with Gasteiger partial charge in [0, 0.05) is 36.6 Å². The number of Topliss-reactive ketones (excluding diaryl/α,β-unsaturated/α-hetero) is 1. The molecule has 1 aromatic carbocycles. The van der Waals surface area contributed by atoms with Gasteiger partial charge in [-0.25, -0.2) is 0 Å². The van der Waals surface area contributed by atoms with E-state index in [2.05, 4.69) is 34.3 Å². The first-order chi connectivity index (χ1) is 12.0. The van der Waals surface area contributed by atoms with Gasteiger partial charge in [0.15, 0.2) is 5.78 Å². The monoisotopic (exact) mass is 341 g/mol. The Morgan fingerprint density at radius 2 is 1.84 bits per heavy atom. The lowest BCUT2D eigenvalue weighted by molar-refractivity contribution is 0.0948. The number of ketones is 1. The Bertz CT molecular complexity index is 735. The number of nitrogens with zero attached hydrogens (tertiary/aromatic N) is 1. The summed E-state index contributed by atoms with van der Waals surface area (Å²) in [5, 5.41) is 2.94. The molecule has 0 saturated carbocycles. The van der Waals surface area contributed by atoms with Crippen molar-refractivity contribution < 1.29 is 9.59 Å². The zero-order valence-corrected chi connectivity index (χ0v) is 15.5. The quantitative estimate of drug-likeness (QED) is 0.571. The Balaban J connectivity index is 1.89. The number of nitrogens with one attached hydrogen (secondary N) is 2. The van der Waals surface area contributed by atoms with Crippen molar-refractivity contribution in [3.05, 3.63) is 52.8 Å². The van der Waals surface area contributed by atoms with E-state index in [0.717, 1.165) is 30.8 Å². The van der Waals surface area contributed by atoms with Gasteiger partial charge < -0.3 is 15.2 Å². The van der Waals surface area contributed by atoms with Crippen LogP contribution in [0.4, 0.5) is 5.69 Å². The lowest BCUT2D eigenvalue weighted by Gasteiger charge is -2.23. The van der Waals surface area contributed by atoms with E-state index in [0.29, 0.717) is 17.8 Å². The van der Waals surface area contributed by atoms with E-state index >= 15 is 0 Å². The molecule has 2 aromatic rings. The van der Waals surface area contributed by atoms with E-state index in [4.69, 9.17) is 0 Å². The van der Waals surface area contributed by atoms with Gasteiger partial charge in [0.1, 0.15) is 5.69 Å². The van der Waals surface area contributed by atoms with Crippen LogP contribution in [-0.2, 0) is 0 Å². The minimum absolute atomic E-state index is 0.0215. The third kappa shape index (κ3) is 4.50. The van der Waals surface area contributed by atoms with Crippen molar-refractivity contribution in [1.82, 2.24) is 10.3 Å². The standard InChI is InChI=1S/C20H27N3O2/c1-5-23(17-10-7-6-8-11-17)13-9-12-21-20(25)19-14(2)18(16(4)24)15(3)22-19/h6-8,10-11,22H,5,9,12-13H2,1-4H3,(H,21,25). The van der Waals surface area contributed by atoms with Crippen LogP contribution in [0.1, 0.15) is 52.4 Å². The van der Waals surface area contributed by atoms with Gasteiger partial charge in [-0.05, 0) is 51.8 Å². The molecule has 5 heteroatoms. The van der Waals surface area contributed by atoms with Gasteiger partial charge in [0.05, 0.1) is 0 Å². The minimum Gasteiger partial charge on any atom is -0.372 e. The van der Waals surface area contributed by atoms with E-state index < -0.39 is 0 Å². The number of H-pyrrole nitrogens is 1. The second-order valence-electron chi connectivity index (χ2n) is 6.21. The van der Waals surface area contributed by atoms with Gasteiger partial charge in [-0.3, -0.25) is 9.59 Å². The Labute approximate surface area is 149 Å². The zero-order chi connectivity index (χ0) is 18.4. The second kappa shape index (κ2) is 8.51. The lowest BCUT2D eigenvalue weighted by atomic mass is 10.1. The number of benzene rings is 1. The molecule has 0 aliphatic heterocycles. The molecule has 0 spiro atoms. The van der Waals surface area contributed by atoms with E-state index in [1.54, 1.807) is 0 Å². The fourth-order valence-electron chi connectivity index (χ4n) is 3.17. The topological polar surface area (TPSA) is 65.2 Å². The van der Waals surface area contributed by atoms with Crippen LogP contribution in [0.3, 0.4) is 0 Å². The minimum atomic E-state index is -0.157. The summed E-state index contributed by atoms with van der Waals surface area (Å²) in [6.45, 7) is 9.67. The molecule has 2 N–H and O–H groups in total. The van der Waals surface area contributed by atoms with Gasteiger partial charge in [0.2, 0.25) is 0 Å². The second-order valence-corrected chi connectivity index (χ2v) is 6.21. The predicted octanol–water partition coefficient (Wildman–Crippen LogP) is 3.48. The van der Waals surface area contributed by atoms with Gasteiger partial charge in [-0.2, -0.15) is 0 Å². The van der Waals surface area contributed by atoms with Crippen molar-refractivity contribution >= 4 is 17.4 Å². The lowest BCUT2D eigenvalue weighted by Crippen LogP contribution is -2.30. The van der Waals surface area contributed by atoms with E-state index in [1.807, 2.05) is 32.0 Å². The highest BCUT2D eigenvalue weighted by Gasteiger charge is 2.19. The molecule has 1 amide bonds. The van der Waals surface area contributed by atoms with Crippen LogP contribution in [0.5, 0.6) is 0 Å². The summed E-state index contributed by atoms with van der Waals surface area (Å²) in [6, 6.07) is 10.3. The number of carbonyl (C=O) groups excluding carboxylic acids is 2. The Morgan fingerprint density at radius 3 is 2.40 bits per heavy atom. The molecule has 0 bridgehead atoms. The maximum absolute atomic E-state index is 12.4. The van der Waals surface area contributed by atoms with Crippen molar-refractivity contribution in [2.75, 3.05) is 24.5 Å². The van der Waals surface area contributed by atoms with Crippen molar-refractivity contribution in [2.45, 2.75) is 34.1 Å². The zero-order valence-electron chi connectivity index (χ0n) is 15.5. The van der Waals surface area contributed by atoms with Gasteiger partial charge in [-0.15, -0.1) is 0 Å². The normalized spacial score (nSPS) is 10.6. The number of rotatable bonds is 8. The Kier molecular flexibility index (Phi) is 6.39. The molecule has 5 nitrogen and oxygen atoms in total. The molecule has 0 aliphatic carbocycles. The van der Waals surface area contributed by atoms with Gasteiger partial charge in [-0.1, -0.05) is 18.2 Å². The highest BCUT2D eigenvalue weighted by molar-refractivity contribution is 6.02. The van der Waals surface area contributed by atoms with Crippen LogP contribution in [0.2, 0.25) is 0 Å². The number of anilines is 1. The molecule has 0 atom stereocenters. The molecule has 2 rings (SSSR count). The first-order valence-electron chi connectivity index (χ1n) is 8.74. The summed E-state index contributed by atoms with van der Waals surface area (Å²) in [5.74, 6) is -0.178. The number of amides is 1. The van der Waals surface area contributed by atoms with Crippen molar-refractivity contribution in [2.24, 2.45) is 0 Å². The molecule has 1 heterocycles. The van der Waals surface area contributed by atoms with Crippen LogP contribution in [0.15, 0.2) is 30.3 Å². The molecule has 0 fully saturated rings. The third-order valence-corrected chi connectivity index (χ3v) is 4.41. The van der Waals surface area contributed by atoms with E-state index in [1.165, 1.54) is 12.6 Å². The number of aromatic nitrogens is 1. The van der Waals surface area contributed by atoms with Gasteiger partial charge >= 0.3 is 0 Å². The molecular weight excluding hydrogens is 314 g/mol. The summed E-state index contributed by atoms with van der Waals surface area (Å²) < 4.78 is 0. The average molecular weight is 341 g/mol. The van der Waals surface area contributed by atoms with E-state index in [9.17, 15) is 9.59 Å². The summed E-state index contributed by atoms with van der Waals surface area (Å²) in [5.41, 5.74) is 3.76. The van der Waals surface area contributed by atoms with Crippen LogP contribution in [0.25, 0.3) is 0 Å². The first kappa shape index (κ1) is 18.8. The highest BCUT2D eigenvalue weighted by Crippen LogP contribution is 2.18. The number of aryl methyl sites for hydroxylation is 1. The Hall–Kier alpha value is -2.56. The molecule has 25 heavy (non-hydrogen) atoms. The van der Waals surface area contributed by atoms with E-state index in [-0.39, 0.29) is 11.7 Å². The molecule has 134 valence electrons. The molecule has 0 radical (unpaired) electrons. The fraction of sp³-hybridized carbons (Fsp3) is 0.400. The molecular formula is C20H27N3O2. The molecule has 0 unspecified atom stereocenters. The van der Waals surface area contributed by atoms with Crippen LogP contribution in [-0.4, -0.2) is 36.3 Å². The summed E-state index contributed by atoms with van der Waals surface area (Å²) in [6.07, 6.45) is 0.854. The highest BCUT2D eigenvalue weighted by atomic mass is 16.2. The third-order valence-electron chi connectivity index (χ3n) is 4.41. The number of hydrogen-bond acceptors (Lipinski definition) is 3. The number of carbonyl (C=O) groups is 2. The molecule has 1 aromatic heterocycles. The maximum atomic E-state index is 12.4. The Morgan fingerprint density at radius 1 is 1.16 bits per heavy atom. The van der Waals surface area contributed by atoms with Crippen LogP contribution in [0, 0.1) is 13.8 Å².